The number of hydrogen-bond acceptors (Lipinski definition) is 1. The average molecular weight is 366 g/mol. The lowest BCUT2D eigenvalue weighted by Gasteiger charge is -2.13. The number of hydrogen-bond donors (Lipinski definition) is 0. The molecule has 0 aliphatic rings. The Bertz CT molecular complexity index is 453. The van der Waals surface area contributed by atoms with Crippen LogP contribution in [-0.4, -0.2) is 14.2 Å². The predicted molar refractivity (Wildman–Crippen MR) is 115 cm³/mol. The van der Waals surface area contributed by atoms with Crippen molar-refractivity contribution in [3.63, 3.8) is 0 Å². The second kappa shape index (κ2) is 14.6. The quantitative estimate of drug-likeness (QED) is 0.562. The van der Waals surface area contributed by atoms with Crippen LogP contribution in [0.2, 0.25) is 0 Å². The Morgan fingerprint density at radius 3 is 1.65 bits per heavy atom. The first-order chi connectivity index (χ1) is 12.3. The fourth-order valence-electron chi connectivity index (χ4n) is 2.45. The molecule has 0 fully saturated rings. The topological polar surface area (TPSA) is 26.6 Å². The summed E-state index contributed by atoms with van der Waals surface area (Å²) in [5.74, 6) is 1.70. The largest absolute Gasteiger partial charge is 0.332 e. The summed E-state index contributed by atoms with van der Waals surface area (Å²) in [5, 5.41) is 0. The van der Waals surface area contributed by atoms with Gasteiger partial charge in [0.2, 0.25) is 0 Å². The van der Waals surface area contributed by atoms with Crippen molar-refractivity contribution in [2.24, 2.45) is 0 Å². The van der Waals surface area contributed by atoms with E-state index in [4.69, 9.17) is 0 Å². The third-order valence-electron chi connectivity index (χ3n) is 3.57. The Labute approximate surface area is 163 Å². The standard InChI is InChI=1S/C9H17N2.C9H16N2.2C2H6/c1-8(2)10-6-5-7-11(10)9(3)4;1-7(2)9-10-5-6-11(9)8(3)4;2*1-2/h5-9H,1-4H3;5-8H,1-4H3;2*1-2H3/q+1;;;. The lowest BCUT2D eigenvalue weighted by Crippen LogP contribution is -2.45. The molecule has 4 nitrogen and oxygen atoms in total. The Morgan fingerprint density at radius 2 is 1.35 bits per heavy atom. The van der Waals surface area contributed by atoms with Gasteiger partial charge in [0.05, 0.1) is 12.2 Å². The summed E-state index contributed by atoms with van der Waals surface area (Å²) in [5.41, 5.74) is 0. The van der Waals surface area contributed by atoms with E-state index >= 15 is 0 Å². The zero-order valence-electron chi connectivity index (χ0n) is 19.5. The van der Waals surface area contributed by atoms with E-state index in [9.17, 15) is 0 Å². The van der Waals surface area contributed by atoms with Crippen molar-refractivity contribution in [2.45, 2.75) is 107 Å². The van der Waals surface area contributed by atoms with Crippen molar-refractivity contribution in [1.29, 1.82) is 0 Å². The van der Waals surface area contributed by atoms with Crippen molar-refractivity contribution in [1.82, 2.24) is 14.2 Å². The van der Waals surface area contributed by atoms with Gasteiger partial charge in [0, 0.05) is 30.4 Å². The molecule has 0 unspecified atom stereocenters. The molecule has 0 aromatic carbocycles. The zero-order chi connectivity index (χ0) is 20.9. The van der Waals surface area contributed by atoms with E-state index in [2.05, 4.69) is 92.8 Å². The van der Waals surface area contributed by atoms with Crippen LogP contribution in [0.15, 0.2) is 30.9 Å². The molecular formula is C22H45N4+. The molecule has 2 aromatic rings. The molecule has 0 radical (unpaired) electrons. The summed E-state index contributed by atoms with van der Waals surface area (Å²) in [7, 11) is 0. The molecule has 152 valence electrons. The first kappa shape index (κ1) is 26.6. The van der Waals surface area contributed by atoms with Crippen molar-refractivity contribution in [3.05, 3.63) is 36.7 Å². The molecule has 2 heterocycles. The summed E-state index contributed by atoms with van der Waals surface area (Å²) >= 11 is 0. The number of nitrogens with zero attached hydrogens (tertiary/aromatic N) is 4. The highest BCUT2D eigenvalue weighted by Gasteiger charge is 2.13. The number of rotatable bonds is 4. The smallest absolute Gasteiger partial charge is 0.195 e. The minimum Gasteiger partial charge on any atom is -0.332 e. The van der Waals surface area contributed by atoms with E-state index in [1.54, 1.807) is 0 Å². The van der Waals surface area contributed by atoms with Crippen LogP contribution in [0.25, 0.3) is 0 Å². The van der Waals surface area contributed by atoms with E-state index in [1.165, 1.54) is 5.82 Å². The molecule has 0 bridgehead atoms. The molecule has 0 N–H and O–H groups in total. The van der Waals surface area contributed by atoms with Gasteiger partial charge in [-0.05, 0) is 41.5 Å². The van der Waals surface area contributed by atoms with Crippen LogP contribution < -0.4 is 4.68 Å². The highest BCUT2D eigenvalue weighted by molar-refractivity contribution is 4.98. The van der Waals surface area contributed by atoms with Gasteiger partial charge in [-0.2, -0.15) is 4.68 Å². The molecule has 4 heteroatoms. The minimum absolute atomic E-state index is 0.521. The van der Waals surface area contributed by atoms with Crippen molar-refractivity contribution in [2.75, 3.05) is 0 Å². The summed E-state index contributed by atoms with van der Waals surface area (Å²) in [4.78, 5) is 4.30. The summed E-state index contributed by atoms with van der Waals surface area (Å²) in [6, 6.07) is 3.70. The second-order valence-corrected chi connectivity index (χ2v) is 6.88. The number of imidazole rings is 1. The second-order valence-electron chi connectivity index (χ2n) is 6.88. The monoisotopic (exact) mass is 365 g/mol. The van der Waals surface area contributed by atoms with Gasteiger partial charge in [-0.1, -0.05) is 41.5 Å². The molecule has 0 aliphatic heterocycles. The Morgan fingerprint density at radius 1 is 0.808 bits per heavy atom. The van der Waals surface area contributed by atoms with Gasteiger partial charge in [0.1, 0.15) is 5.82 Å². The van der Waals surface area contributed by atoms with Gasteiger partial charge < -0.3 is 4.57 Å². The zero-order valence-corrected chi connectivity index (χ0v) is 19.5. The highest BCUT2D eigenvalue weighted by Crippen LogP contribution is 2.15. The Kier molecular flexibility index (Phi) is 14.9. The van der Waals surface area contributed by atoms with Crippen LogP contribution >= 0.6 is 0 Å². The maximum Gasteiger partial charge on any atom is 0.195 e. The first-order valence-electron chi connectivity index (χ1n) is 10.4. The van der Waals surface area contributed by atoms with Crippen LogP contribution in [0.1, 0.15) is 113 Å². The Balaban J connectivity index is 0. The van der Waals surface area contributed by atoms with Gasteiger partial charge in [0.25, 0.3) is 0 Å². The third-order valence-corrected chi connectivity index (χ3v) is 3.57. The van der Waals surface area contributed by atoms with Gasteiger partial charge in [-0.15, -0.1) is 4.68 Å². The maximum absolute atomic E-state index is 4.30. The average Bonchev–Trinajstić information content (AvgIpc) is 3.28. The minimum atomic E-state index is 0.521. The molecule has 0 saturated carbocycles. The first-order valence-corrected chi connectivity index (χ1v) is 10.4. The molecule has 0 amide bonds. The maximum atomic E-state index is 4.30. The molecule has 0 saturated heterocycles. The van der Waals surface area contributed by atoms with Gasteiger partial charge >= 0.3 is 0 Å². The van der Waals surface area contributed by atoms with Crippen molar-refractivity contribution in [3.8, 4) is 0 Å². The van der Waals surface area contributed by atoms with E-state index in [-0.39, 0.29) is 0 Å². The predicted octanol–water partition coefficient (Wildman–Crippen LogP) is 6.58. The van der Waals surface area contributed by atoms with Crippen molar-refractivity contribution < 1.29 is 4.68 Å². The summed E-state index contributed by atoms with van der Waals surface area (Å²) < 4.78 is 6.69. The molecule has 26 heavy (non-hydrogen) atoms. The van der Waals surface area contributed by atoms with Gasteiger partial charge in [-0.3, -0.25) is 0 Å². The molecule has 0 spiro atoms. The number of aromatic nitrogens is 4. The van der Waals surface area contributed by atoms with Gasteiger partial charge in [-0.25, -0.2) is 4.98 Å². The van der Waals surface area contributed by atoms with Crippen molar-refractivity contribution >= 4 is 0 Å². The molecular weight excluding hydrogens is 320 g/mol. The van der Waals surface area contributed by atoms with E-state index in [0.29, 0.717) is 24.0 Å². The van der Waals surface area contributed by atoms with E-state index in [1.807, 2.05) is 40.1 Å². The van der Waals surface area contributed by atoms with Crippen LogP contribution in [-0.2, 0) is 0 Å². The van der Waals surface area contributed by atoms with Crippen LogP contribution in [0.3, 0.4) is 0 Å². The highest BCUT2D eigenvalue weighted by atomic mass is 15.4. The van der Waals surface area contributed by atoms with E-state index < -0.39 is 0 Å². The molecule has 0 atom stereocenters. The fraction of sp³-hybridized carbons (Fsp3) is 0.727. The molecule has 0 aliphatic carbocycles. The normalized spacial score (nSPS) is 10.2. The lowest BCUT2D eigenvalue weighted by molar-refractivity contribution is -0.794. The summed E-state index contributed by atoms with van der Waals surface area (Å²) in [6.45, 7) is 25.5. The van der Waals surface area contributed by atoms with Crippen LogP contribution in [0, 0.1) is 0 Å². The van der Waals surface area contributed by atoms with Crippen LogP contribution in [0.4, 0.5) is 0 Å². The van der Waals surface area contributed by atoms with Gasteiger partial charge in [0.15, 0.2) is 12.2 Å². The molecule has 2 rings (SSSR count). The van der Waals surface area contributed by atoms with Crippen LogP contribution in [0.5, 0.6) is 0 Å². The SMILES string of the molecule is CC.CC.CC(C)c1nccn1C(C)C.CC(C)n1ccc[n+]1C(C)C. The summed E-state index contributed by atoms with van der Waals surface area (Å²) in [6.07, 6.45) is 8.14. The fourth-order valence-corrected chi connectivity index (χ4v) is 2.45. The lowest BCUT2D eigenvalue weighted by atomic mass is 10.2. The van der Waals surface area contributed by atoms with E-state index in [0.717, 1.165) is 0 Å². The Hall–Kier alpha value is -1.58. The molecule has 2 aromatic heterocycles. The third kappa shape index (κ3) is 8.68.